The molecule has 92 valence electrons. The molecule has 0 aromatic heterocycles. The predicted molar refractivity (Wildman–Crippen MR) is 63.4 cm³/mol. The molecule has 0 bridgehead atoms. The second-order valence-electron chi connectivity index (χ2n) is 4.69. The van der Waals surface area contributed by atoms with Crippen molar-refractivity contribution in [1.29, 1.82) is 0 Å². The van der Waals surface area contributed by atoms with Crippen LogP contribution in [0.2, 0.25) is 0 Å². The first-order chi connectivity index (χ1) is 7.41. The lowest BCUT2D eigenvalue weighted by molar-refractivity contribution is -0.119. The van der Waals surface area contributed by atoms with Gasteiger partial charge in [-0.1, -0.05) is 13.8 Å². The zero-order valence-electron chi connectivity index (χ0n) is 10.00. The van der Waals surface area contributed by atoms with E-state index in [0.717, 1.165) is 12.8 Å². The van der Waals surface area contributed by atoms with Gasteiger partial charge in [-0.25, -0.2) is 4.79 Å². The molecule has 1 unspecified atom stereocenters. The minimum atomic E-state index is -0.677. The number of nitrogens with zero attached hydrogens (tertiary/aromatic N) is 1. The van der Waals surface area contributed by atoms with Gasteiger partial charge >= 0.3 is 6.03 Å². The number of nitrogens with one attached hydrogen (secondary N) is 1. The van der Waals surface area contributed by atoms with Crippen molar-refractivity contribution in [3.63, 3.8) is 0 Å². The second kappa shape index (κ2) is 5.53. The minimum absolute atomic E-state index is 0.306. The molecule has 0 saturated heterocycles. The SMILES string of the molecule is CC(C)CN(C(=O)NC(=O)C(C)Cl)C1CC1. The summed E-state index contributed by atoms with van der Waals surface area (Å²) in [5.41, 5.74) is 0. The summed E-state index contributed by atoms with van der Waals surface area (Å²) in [5.74, 6) is -0.0315. The number of hydrogen-bond acceptors (Lipinski definition) is 2. The Bertz CT molecular complexity index is 275. The molecule has 1 N–H and O–H groups in total. The first-order valence-electron chi connectivity index (χ1n) is 5.67. The van der Waals surface area contributed by atoms with Crippen molar-refractivity contribution in [2.24, 2.45) is 5.92 Å². The van der Waals surface area contributed by atoms with Gasteiger partial charge in [-0.05, 0) is 25.7 Å². The quantitative estimate of drug-likeness (QED) is 0.771. The maximum Gasteiger partial charge on any atom is 0.324 e. The van der Waals surface area contributed by atoms with Crippen LogP contribution in [0.4, 0.5) is 4.79 Å². The number of alkyl halides is 1. The van der Waals surface area contributed by atoms with E-state index in [4.69, 9.17) is 11.6 Å². The van der Waals surface area contributed by atoms with Gasteiger partial charge in [0.2, 0.25) is 5.91 Å². The first kappa shape index (κ1) is 13.3. The van der Waals surface area contributed by atoms with Crippen LogP contribution in [0.1, 0.15) is 33.6 Å². The van der Waals surface area contributed by atoms with Gasteiger partial charge in [0.1, 0.15) is 5.38 Å². The third-order valence-corrected chi connectivity index (χ3v) is 2.60. The van der Waals surface area contributed by atoms with E-state index in [0.29, 0.717) is 18.5 Å². The largest absolute Gasteiger partial charge is 0.324 e. The second-order valence-corrected chi connectivity index (χ2v) is 5.34. The maximum atomic E-state index is 11.8. The smallest absolute Gasteiger partial charge is 0.321 e. The topological polar surface area (TPSA) is 49.4 Å². The summed E-state index contributed by atoms with van der Waals surface area (Å²) in [6.07, 6.45) is 2.06. The van der Waals surface area contributed by atoms with Crippen LogP contribution in [0.25, 0.3) is 0 Å². The average Bonchev–Trinajstić information content (AvgIpc) is 2.96. The number of rotatable bonds is 4. The third kappa shape index (κ3) is 4.00. The molecule has 1 fully saturated rings. The Kier molecular flexibility index (Phi) is 4.59. The van der Waals surface area contributed by atoms with E-state index in [9.17, 15) is 9.59 Å². The van der Waals surface area contributed by atoms with Crippen LogP contribution in [0.15, 0.2) is 0 Å². The number of carbonyl (C=O) groups excluding carboxylic acids is 2. The van der Waals surface area contributed by atoms with Gasteiger partial charge in [0, 0.05) is 12.6 Å². The molecule has 1 atom stereocenters. The van der Waals surface area contributed by atoms with Crippen molar-refractivity contribution >= 4 is 23.5 Å². The van der Waals surface area contributed by atoms with Gasteiger partial charge in [0.25, 0.3) is 0 Å². The van der Waals surface area contributed by atoms with Gasteiger partial charge in [-0.3, -0.25) is 10.1 Å². The molecule has 1 saturated carbocycles. The van der Waals surface area contributed by atoms with E-state index in [2.05, 4.69) is 19.2 Å². The van der Waals surface area contributed by atoms with Crippen LogP contribution in [0.5, 0.6) is 0 Å². The van der Waals surface area contributed by atoms with E-state index in [1.165, 1.54) is 0 Å². The fourth-order valence-corrected chi connectivity index (χ4v) is 1.51. The van der Waals surface area contributed by atoms with Crippen molar-refractivity contribution in [2.45, 2.75) is 45.0 Å². The van der Waals surface area contributed by atoms with Crippen molar-refractivity contribution in [2.75, 3.05) is 6.54 Å². The number of amides is 3. The zero-order valence-corrected chi connectivity index (χ0v) is 10.8. The average molecular weight is 247 g/mol. The lowest BCUT2D eigenvalue weighted by Gasteiger charge is -2.24. The van der Waals surface area contributed by atoms with E-state index < -0.39 is 11.3 Å². The predicted octanol–water partition coefficient (Wildman–Crippen LogP) is 1.97. The monoisotopic (exact) mass is 246 g/mol. The number of urea groups is 1. The Morgan fingerprint density at radius 2 is 1.94 bits per heavy atom. The van der Waals surface area contributed by atoms with E-state index >= 15 is 0 Å². The number of carbonyl (C=O) groups is 2. The summed E-state index contributed by atoms with van der Waals surface area (Å²) in [6, 6.07) is -0.00506. The van der Waals surface area contributed by atoms with E-state index in [1.54, 1.807) is 11.8 Å². The van der Waals surface area contributed by atoms with E-state index in [1.807, 2.05) is 0 Å². The highest BCUT2D eigenvalue weighted by molar-refractivity contribution is 6.31. The van der Waals surface area contributed by atoms with Crippen LogP contribution in [-0.2, 0) is 4.79 Å². The molecule has 1 aliphatic carbocycles. The maximum absolute atomic E-state index is 11.8. The van der Waals surface area contributed by atoms with Crippen LogP contribution in [-0.4, -0.2) is 34.8 Å². The number of imide groups is 1. The molecule has 16 heavy (non-hydrogen) atoms. The molecule has 0 aromatic rings. The first-order valence-corrected chi connectivity index (χ1v) is 6.11. The summed E-state index contributed by atoms with van der Waals surface area (Å²) >= 11 is 5.60. The highest BCUT2D eigenvalue weighted by Gasteiger charge is 2.33. The minimum Gasteiger partial charge on any atom is -0.321 e. The zero-order chi connectivity index (χ0) is 12.3. The van der Waals surface area contributed by atoms with Gasteiger partial charge in [-0.2, -0.15) is 0 Å². The summed E-state index contributed by atoms with van der Waals surface area (Å²) in [5, 5.41) is 1.65. The molecule has 5 heteroatoms. The van der Waals surface area contributed by atoms with Crippen LogP contribution >= 0.6 is 11.6 Å². The summed E-state index contributed by atoms with van der Waals surface area (Å²) < 4.78 is 0. The van der Waals surface area contributed by atoms with Gasteiger partial charge in [0.05, 0.1) is 0 Å². The molecule has 1 aliphatic rings. The molecule has 3 amide bonds. The van der Waals surface area contributed by atoms with Crippen molar-refractivity contribution in [1.82, 2.24) is 10.2 Å². The Labute approximate surface area is 101 Å². The molecular weight excluding hydrogens is 228 g/mol. The number of hydrogen-bond donors (Lipinski definition) is 1. The lowest BCUT2D eigenvalue weighted by Crippen LogP contribution is -2.47. The highest BCUT2D eigenvalue weighted by atomic mass is 35.5. The molecule has 0 heterocycles. The van der Waals surface area contributed by atoms with Crippen LogP contribution in [0.3, 0.4) is 0 Å². The fourth-order valence-electron chi connectivity index (χ4n) is 1.45. The third-order valence-electron chi connectivity index (χ3n) is 2.40. The summed E-state index contributed by atoms with van der Waals surface area (Å²) in [7, 11) is 0. The summed E-state index contributed by atoms with van der Waals surface area (Å²) in [4.78, 5) is 24.8. The Morgan fingerprint density at radius 1 is 1.38 bits per heavy atom. The van der Waals surface area contributed by atoms with E-state index in [-0.39, 0.29) is 6.03 Å². The van der Waals surface area contributed by atoms with Gasteiger partial charge in [-0.15, -0.1) is 11.6 Å². The molecule has 0 aromatic carbocycles. The molecule has 1 rings (SSSR count). The van der Waals surface area contributed by atoms with Crippen molar-refractivity contribution in [3.05, 3.63) is 0 Å². The molecular formula is C11H19ClN2O2. The Morgan fingerprint density at radius 3 is 2.31 bits per heavy atom. The molecule has 4 nitrogen and oxygen atoms in total. The normalized spacial score (nSPS) is 17.1. The lowest BCUT2D eigenvalue weighted by atomic mass is 10.2. The van der Waals surface area contributed by atoms with Crippen molar-refractivity contribution < 1.29 is 9.59 Å². The van der Waals surface area contributed by atoms with Gasteiger partial charge in [0.15, 0.2) is 0 Å². The molecule has 0 aliphatic heterocycles. The van der Waals surface area contributed by atoms with Gasteiger partial charge < -0.3 is 4.90 Å². The Balaban J connectivity index is 2.50. The Hall–Kier alpha value is -0.770. The standard InChI is InChI=1S/C11H19ClN2O2/c1-7(2)6-14(9-4-5-9)11(16)13-10(15)8(3)12/h7-9H,4-6H2,1-3H3,(H,13,15,16). The summed E-state index contributed by atoms with van der Waals surface area (Å²) in [6.45, 7) is 6.33. The molecule has 0 spiro atoms. The highest BCUT2D eigenvalue weighted by Crippen LogP contribution is 2.27. The van der Waals surface area contributed by atoms with Crippen molar-refractivity contribution in [3.8, 4) is 0 Å². The fraction of sp³-hybridized carbons (Fsp3) is 0.818. The molecule has 0 radical (unpaired) electrons. The van der Waals surface area contributed by atoms with Crippen LogP contribution < -0.4 is 5.32 Å². The number of halogens is 1. The van der Waals surface area contributed by atoms with Crippen LogP contribution in [0, 0.1) is 5.92 Å².